The van der Waals surface area contributed by atoms with Gasteiger partial charge in [0, 0.05) is 5.56 Å². The minimum Gasteiger partial charge on any atom is -0.493 e. The number of nitrogens with one attached hydrogen (secondary N) is 2. The fraction of sp³-hybridized carbons (Fsp3) is 0.0769. The van der Waals surface area contributed by atoms with Crippen LogP contribution in [-0.2, 0) is 9.59 Å². The summed E-state index contributed by atoms with van der Waals surface area (Å²) in [4.78, 5) is 36.7. The molecular weight excluding hydrogens is 494 g/mol. The van der Waals surface area contributed by atoms with E-state index in [0.29, 0.717) is 21.9 Å². The monoisotopic (exact) mass is 515 g/mol. The first-order valence-electron chi connectivity index (χ1n) is 10.9. The lowest BCUT2D eigenvalue weighted by atomic mass is 10.1. The normalized spacial score (nSPS) is 10.6. The molecule has 0 saturated heterocycles. The summed E-state index contributed by atoms with van der Waals surface area (Å²) in [6.45, 7) is 1.92. The minimum atomic E-state index is -0.983. The van der Waals surface area contributed by atoms with Gasteiger partial charge >= 0.3 is 17.8 Å². The van der Waals surface area contributed by atoms with E-state index in [-0.39, 0.29) is 10.9 Å². The van der Waals surface area contributed by atoms with Crippen molar-refractivity contribution in [1.29, 1.82) is 0 Å². The fourth-order valence-electron chi connectivity index (χ4n) is 3.04. The van der Waals surface area contributed by atoms with Crippen molar-refractivity contribution in [1.82, 2.24) is 15.6 Å². The Morgan fingerprint density at radius 1 is 0.919 bits per heavy atom. The first-order valence-corrected chi connectivity index (χ1v) is 11.7. The van der Waals surface area contributed by atoms with Gasteiger partial charge in [-0.1, -0.05) is 59.4 Å². The molecule has 0 aliphatic carbocycles. The molecular formula is C26H21N5O5S. The summed E-state index contributed by atoms with van der Waals surface area (Å²) in [5, 5.41) is 14.9. The van der Waals surface area contributed by atoms with Crippen LogP contribution in [0.1, 0.15) is 21.5 Å². The molecule has 0 aliphatic heterocycles. The smallest absolute Gasteiger partial charge is 0.343 e. The topological polar surface area (TPSA) is 132 Å². The molecule has 0 fully saturated rings. The Labute approximate surface area is 216 Å². The third-order valence-electron chi connectivity index (χ3n) is 4.93. The zero-order valence-corrected chi connectivity index (χ0v) is 20.6. The van der Waals surface area contributed by atoms with Crippen molar-refractivity contribution in [3.8, 4) is 22.1 Å². The second-order valence-electron chi connectivity index (χ2n) is 7.60. The second kappa shape index (κ2) is 11.7. The van der Waals surface area contributed by atoms with Crippen molar-refractivity contribution < 1.29 is 23.9 Å². The number of methoxy groups -OCH3 is 1. The highest BCUT2D eigenvalue weighted by molar-refractivity contribution is 7.18. The highest BCUT2D eigenvalue weighted by Crippen LogP contribution is 2.28. The van der Waals surface area contributed by atoms with Crippen molar-refractivity contribution in [2.75, 3.05) is 12.4 Å². The van der Waals surface area contributed by atoms with Crippen molar-refractivity contribution in [3.63, 3.8) is 0 Å². The lowest BCUT2D eigenvalue weighted by Crippen LogP contribution is -2.32. The molecule has 11 heteroatoms. The van der Waals surface area contributed by atoms with Gasteiger partial charge < -0.3 is 9.47 Å². The van der Waals surface area contributed by atoms with Crippen LogP contribution in [0.4, 0.5) is 5.13 Å². The number of esters is 1. The molecule has 4 rings (SSSR count). The highest BCUT2D eigenvalue weighted by atomic mass is 32.1. The molecule has 3 aromatic carbocycles. The predicted molar refractivity (Wildman–Crippen MR) is 139 cm³/mol. The standard InChI is InChI=1S/C26H21N5O5S/c1-16-8-11-19(12-9-16)25(34)36-20-13-10-17(14-21(20)35-2)15-27-29-23(33)22(32)28-26-31-30-24(37-26)18-6-4-3-5-7-18/h3-15H,1-2H3,(H,29,33)(H,28,31,32). The van der Waals surface area contributed by atoms with E-state index >= 15 is 0 Å². The summed E-state index contributed by atoms with van der Waals surface area (Å²) in [6.07, 6.45) is 1.32. The van der Waals surface area contributed by atoms with E-state index in [4.69, 9.17) is 9.47 Å². The lowest BCUT2D eigenvalue weighted by molar-refractivity contribution is -0.136. The number of anilines is 1. The maximum Gasteiger partial charge on any atom is 0.343 e. The Hall–Kier alpha value is -4.90. The van der Waals surface area contributed by atoms with Crippen molar-refractivity contribution >= 4 is 40.5 Å². The van der Waals surface area contributed by atoms with Crippen LogP contribution in [0.2, 0.25) is 0 Å². The average Bonchev–Trinajstić information content (AvgIpc) is 3.38. The number of ether oxygens (including phenoxy) is 2. The summed E-state index contributed by atoms with van der Waals surface area (Å²) in [5.74, 6) is -1.93. The van der Waals surface area contributed by atoms with Gasteiger partial charge in [-0.3, -0.25) is 14.9 Å². The molecule has 10 nitrogen and oxygen atoms in total. The van der Waals surface area contributed by atoms with E-state index in [1.807, 2.05) is 49.4 Å². The Kier molecular flexibility index (Phi) is 7.96. The first kappa shape index (κ1) is 25.2. The van der Waals surface area contributed by atoms with Crippen LogP contribution in [-0.4, -0.2) is 41.3 Å². The van der Waals surface area contributed by atoms with Crippen LogP contribution >= 0.6 is 11.3 Å². The second-order valence-corrected chi connectivity index (χ2v) is 8.58. The number of amides is 2. The third kappa shape index (κ3) is 6.61. The zero-order valence-electron chi connectivity index (χ0n) is 19.8. The molecule has 0 spiro atoms. The minimum absolute atomic E-state index is 0.184. The average molecular weight is 516 g/mol. The number of carbonyl (C=O) groups is 3. The molecule has 0 aliphatic rings. The summed E-state index contributed by atoms with van der Waals surface area (Å²) in [6, 6.07) is 21.0. The van der Waals surface area contributed by atoms with Crippen molar-refractivity contribution in [2.24, 2.45) is 5.10 Å². The molecule has 1 aromatic heterocycles. The molecule has 0 unspecified atom stereocenters. The number of hydrogen-bond donors (Lipinski definition) is 2. The maximum absolute atomic E-state index is 12.4. The largest absolute Gasteiger partial charge is 0.493 e. The zero-order chi connectivity index (χ0) is 26.2. The molecule has 186 valence electrons. The van der Waals surface area contributed by atoms with Gasteiger partial charge in [-0.05, 0) is 42.8 Å². The van der Waals surface area contributed by atoms with Gasteiger partial charge in [0.05, 0.1) is 18.9 Å². The predicted octanol–water partition coefficient (Wildman–Crippen LogP) is 3.83. The van der Waals surface area contributed by atoms with Crippen molar-refractivity contribution in [2.45, 2.75) is 6.92 Å². The highest BCUT2D eigenvalue weighted by Gasteiger charge is 2.16. The lowest BCUT2D eigenvalue weighted by Gasteiger charge is -2.10. The first-order chi connectivity index (χ1) is 17.9. The number of carbonyl (C=O) groups excluding carboxylic acids is 3. The van der Waals surface area contributed by atoms with Gasteiger partial charge in [0.1, 0.15) is 5.01 Å². The van der Waals surface area contributed by atoms with Gasteiger partial charge in [0.2, 0.25) is 5.13 Å². The third-order valence-corrected chi connectivity index (χ3v) is 5.82. The number of hydrazone groups is 1. The van der Waals surface area contributed by atoms with Crippen LogP contribution in [0.5, 0.6) is 11.5 Å². The number of aromatic nitrogens is 2. The number of rotatable bonds is 7. The molecule has 1 heterocycles. The quantitative estimate of drug-likeness (QED) is 0.126. The summed E-state index contributed by atoms with van der Waals surface area (Å²) in [5.41, 5.74) is 4.96. The SMILES string of the molecule is COc1cc(C=NNC(=O)C(=O)Nc2nnc(-c3ccccc3)s2)ccc1OC(=O)c1ccc(C)cc1. The van der Waals surface area contributed by atoms with E-state index in [9.17, 15) is 14.4 Å². The summed E-state index contributed by atoms with van der Waals surface area (Å²) < 4.78 is 10.7. The van der Waals surface area contributed by atoms with Crippen LogP contribution in [0.3, 0.4) is 0 Å². The van der Waals surface area contributed by atoms with Crippen LogP contribution in [0.15, 0.2) is 77.9 Å². The van der Waals surface area contributed by atoms with Gasteiger partial charge in [0.25, 0.3) is 0 Å². The van der Waals surface area contributed by atoms with Gasteiger partial charge in [-0.15, -0.1) is 10.2 Å². The number of nitrogens with zero attached hydrogens (tertiary/aromatic N) is 3. The van der Waals surface area contributed by atoms with Crippen molar-refractivity contribution in [3.05, 3.63) is 89.5 Å². The molecule has 0 saturated carbocycles. The van der Waals surface area contributed by atoms with E-state index in [1.165, 1.54) is 13.3 Å². The molecule has 37 heavy (non-hydrogen) atoms. The molecule has 0 atom stereocenters. The molecule has 0 bridgehead atoms. The Bertz CT molecular complexity index is 1450. The fourth-order valence-corrected chi connectivity index (χ4v) is 3.78. The van der Waals surface area contributed by atoms with Gasteiger partial charge in [-0.2, -0.15) is 5.10 Å². The molecule has 2 N–H and O–H groups in total. The van der Waals surface area contributed by atoms with E-state index in [1.54, 1.807) is 30.3 Å². The number of hydrogen-bond acceptors (Lipinski definition) is 9. The van der Waals surface area contributed by atoms with Gasteiger partial charge in [-0.25, -0.2) is 10.2 Å². The Morgan fingerprint density at radius 2 is 1.68 bits per heavy atom. The summed E-state index contributed by atoms with van der Waals surface area (Å²) in [7, 11) is 1.43. The Balaban J connectivity index is 1.33. The maximum atomic E-state index is 12.4. The molecule has 2 amide bonds. The molecule has 0 radical (unpaired) electrons. The van der Waals surface area contributed by atoms with Gasteiger partial charge in [0.15, 0.2) is 11.5 Å². The molecule has 4 aromatic rings. The van der Waals surface area contributed by atoms with E-state index in [2.05, 4.69) is 26.0 Å². The van der Waals surface area contributed by atoms with E-state index < -0.39 is 17.8 Å². The Morgan fingerprint density at radius 3 is 2.41 bits per heavy atom. The number of aryl methyl sites for hydroxylation is 1. The van der Waals surface area contributed by atoms with Crippen LogP contribution in [0, 0.1) is 6.92 Å². The van der Waals surface area contributed by atoms with Crippen LogP contribution in [0.25, 0.3) is 10.6 Å². The van der Waals surface area contributed by atoms with E-state index in [0.717, 1.165) is 22.5 Å². The van der Waals surface area contributed by atoms with Crippen LogP contribution < -0.4 is 20.2 Å². The summed E-state index contributed by atoms with van der Waals surface area (Å²) >= 11 is 1.14. The number of benzene rings is 3.